The van der Waals surface area contributed by atoms with Crippen molar-refractivity contribution >= 4 is 77.8 Å². The molecule has 10 aromatic rings. The standard InChI is InChI=1S/C23H23N5O3S.C18H18ClN5O2S.C11H17BO3/c1-13(2)20-25-26-22-18-12-15(4)28(32(29,30)17-9-6-14(3)7-10-17)21(18)24-23(27(20)22)19-11-8-16(5)31-19;1-10(2)15-21-22-17-14-9-12(4)24(16(14)20-18(19)23(15)17)27(25,26)13-7-5-11(3)6-8-13;1-8-6-7-9(13-8)12-14-10(2,3)11(4,5)15-12/h6-13H,1-5H3;5-10H,1-4H3;6-7H,1-5H3. The van der Waals surface area contributed by atoms with Gasteiger partial charge in [-0.1, -0.05) is 63.1 Å². The average Bonchev–Trinajstić information content (AvgIpc) is 4.19. The predicted molar refractivity (Wildman–Crippen MR) is 284 cm³/mol. The summed E-state index contributed by atoms with van der Waals surface area (Å²) in [5, 5.41) is 18.6. The van der Waals surface area contributed by atoms with Gasteiger partial charge in [-0.05, 0) is 142 Å². The first-order chi connectivity index (χ1) is 34.7. The van der Waals surface area contributed by atoms with E-state index in [0.717, 1.165) is 34.1 Å². The lowest BCUT2D eigenvalue weighted by Crippen LogP contribution is -2.41. The van der Waals surface area contributed by atoms with Crippen molar-refractivity contribution in [3.63, 3.8) is 0 Å². The molecule has 0 spiro atoms. The van der Waals surface area contributed by atoms with Gasteiger partial charge in [0.05, 0.1) is 37.5 Å². The number of halogens is 1. The van der Waals surface area contributed by atoms with Crippen LogP contribution >= 0.6 is 11.6 Å². The van der Waals surface area contributed by atoms with Gasteiger partial charge in [0.2, 0.25) is 5.28 Å². The molecule has 8 aromatic heterocycles. The summed E-state index contributed by atoms with van der Waals surface area (Å²) in [6.07, 6.45) is 0. The Morgan fingerprint density at radius 3 is 1.41 bits per heavy atom. The SMILES string of the molecule is Cc1ccc(B2OC(C)(C)C(C)(C)O2)o1.Cc1ccc(S(=O)(=O)n2c(C)cc3c2nc(-c2ccc(C)o2)n2c(C(C)C)nnc32)cc1.Cc1ccc(S(=O)(=O)n2c(C)cc3c2nc(Cl)n2c(C(C)C)nnc32)cc1. The molecule has 74 heavy (non-hydrogen) atoms. The highest BCUT2D eigenvalue weighted by molar-refractivity contribution is 7.90. The first-order valence-electron chi connectivity index (χ1n) is 24.0. The Hall–Kier alpha value is -6.65. The van der Waals surface area contributed by atoms with Crippen molar-refractivity contribution in [2.45, 2.75) is 130 Å². The van der Waals surface area contributed by atoms with Crippen LogP contribution in [0.1, 0.15) is 113 Å². The van der Waals surface area contributed by atoms with E-state index >= 15 is 0 Å². The summed E-state index contributed by atoms with van der Waals surface area (Å²) < 4.78 is 82.7. The van der Waals surface area contributed by atoms with Gasteiger partial charge in [-0.2, -0.15) is 4.98 Å². The summed E-state index contributed by atoms with van der Waals surface area (Å²) in [6.45, 7) is 27.2. The Bertz CT molecular complexity index is 3980. The molecule has 1 aliphatic heterocycles. The maximum atomic E-state index is 13.6. The van der Waals surface area contributed by atoms with Crippen LogP contribution in [0.25, 0.3) is 44.9 Å². The number of aryl methyl sites for hydroxylation is 6. The molecule has 1 fully saturated rings. The number of hydrogen-bond acceptors (Lipinski definition) is 14. The minimum absolute atomic E-state index is 0.0820. The summed E-state index contributed by atoms with van der Waals surface area (Å²) >= 11 is 6.39. The molecule has 2 aromatic carbocycles. The molecule has 1 saturated heterocycles. The zero-order valence-corrected chi connectivity index (χ0v) is 46.1. The third-order valence-electron chi connectivity index (χ3n) is 13.2. The molecule has 0 atom stereocenters. The largest absolute Gasteiger partial charge is 0.532 e. The van der Waals surface area contributed by atoms with E-state index in [-0.39, 0.29) is 50.9 Å². The van der Waals surface area contributed by atoms with Crippen molar-refractivity contribution in [2.24, 2.45) is 0 Å². The number of benzene rings is 2. The molecule has 18 nitrogen and oxygen atoms in total. The van der Waals surface area contributed by atoms with Gasteiger partial charge in [-0.15, -0.1) is 20.4 Å². The average molecular weight is 1060 g/mol. The summed E-state index contributed by atoms with van der Waals surface area (Å²) in [4.78, 5) is 9.58. The maximum Gasteiger partial charge on any atom is 0.532 e. The summed E-state index contributed by atoms with van der Waals surface area (Å²) in [5.41, 5.74) is 4.73. The highest BCUT2D eigenvalue weighted by Gasteiger charge is 2.53. The topological polar surface area (TPSA) is 209 Å². The summed E-state index contributed by atoms with van der Waals surface area (Å²) in [6, 6.07) is 24.5. The number of fused-ring (bicyclic) bond motifs is 6. The lowest BCUT2D eigenvalue weighted by molar-refractivity contribution is 0.00578. The van der Waals surface area contributed by atoms with Crippen LogP contribution in [0.15, 0.2) is 104 Å². The Morgan fingerprint density at radius 2 is 0.973 bits per heavy atom. The Balaban J connectivity index is 0.000000145. The molecule has 22 heteroatoms. The highest BCUT2D eigenvalue weighted by atomic mass is 35.5. The first-order valence-corrected chi connectivity index (χ1v) is 27.3. The lowest BCUT2D eigenvalue weighted by atomic mass is 9.86. The van der Waals surface area contributed by atoms with Gasteiger partial charge in [0.15, 0.2) is 34.2 Å². The summed E-state index contributed by atoms with van der Waals surface area (Å²) in [7, 11) is -8.09. The molecule has 0 radical (unpaired) electrons. The van der Waals surface area contributed by atoms with Crippen LogP contribution in [0.3, 0.4) is 0 Å². The molecule has 386 valence electrons. The molecule has 0 unspecified atom stereocenters. The van der Waals surface area contributed by atoms with Crippen LogP contribution in [-0.4, -0.2) is 82.3 Å². The third kappa shape index (κ3) is 9.11. The van der Waals surface area contributed by atoms with E-state index in [4.69, 9.17) is 34.7 Å². The second kappa shape index (κ2) is 18.9. The molecule has 0 amide bonds. The second-order valence-electron chi connectivity index (χ2n) is 20.2. The van der Waals surface area contributed by atoms with Gasteiger partial charge in [0.1, 0.15) is 23.1 Å². The smallest absolute Gasteiger partial charge is 0.470 e. The van der Waals surface area contributed by atoms with Crippen molar-refractivity contribution in [3.05, 3.63) is 136 Å². The molecule has 11 rings (SSSR count). The van der Waals surface area contributed by atoms with E-state index in [1.165, 1.54) is 7.94 Å². The van der Waals surface area contributed by atoms with Gasteiger partial charge in [-0.3, -0.25) is 8.80 Å². The van der Waals surface area contributed by atoms with Crippen molar-refractivity contribution in [3.8, 4) is 11.6 Å². The number of rotatable bonds is 8. The quantitative estimate of drug-likeness (QED) is 0.102. The maximum absolute atomic E-state index is 13.6. The van der Waals surface area contributed by atoms with Gasteiger partial charge in [-0.25, -0.2) is 29.8 Å². The molecule has 1 aliphatic rings. The Kier molecular flexibility index (Phi) is 13.4. The van der Waals surface area contributed by atoms with Crippen LogP contribution in [-0.2, 0) is 29.4 Å². The molecule has 0 aliphatic carbocycles. The van der Waals surface area contributed by atoms with E-state index in [9.17, 15) is 16.8 Å². The van der Waals surface area contributed by atoms with Crippen molar-refractivity contribution in [2.75, 3.05) is 0 Å². The molecule has 0 bridgehead atoms. The number of nitrogens with zero attached hydrogens (tertiary/aromatic N) is 10. The molecule has 0 N–H and O–H groups in total. The Labute approximate surface area is 435 Å². The van der Waals surface area contributed by atoms with E-state index in [1.54, 1.807) is 78.9 Å². The molecular formula is C52H58BClN10O8S2. The van der Waals surface area contributed by atoms with Gasteiger partial charge in [0, 0.05) is 23.2 Å². The molecule has 9 heterocycles. The zero-order valence-electron chi connectivity index (χ0n) is 43.7. The van der Waals surface area contributed by atoms with Crippen molar-refractivity contribution in [1.29, 1.82) is 0 Å². The van der Waals surface area contributed by atoms with Gasteiger partial charge < -0.3 is 18.1 Å². The minimum Gasteiger partial charge on any atom is -0.470 e. The van der Waals surface area contributed by atoms with Gasteiger partial charge >= 0.3 is 7.12 Å². The van der Waals surface area contributed by atoms with E-state index in [1.807, 2.05) is 112 Å². The fourth-order valence-corrected chi connectivity index (χ4v) is 11.8. The van der Waals surface area contributed by atoms with Crippen molar-refractivity contribution < 1.29 is 35.0 Å². The van der Waals surface area contributed by atoms with Crippen LogP contribution in [0.2, 0.25) is 5.28 Å². The predicted octanol–water partition coefficient (Wildman–Crippen LogP) is 10.2. The summed E-state index contributed by atoms with van der Waals surface area (Å²) in [5.74, 6) is 4.17. The lowest BCUT2D eigenvalue weighted by Gasteiger charge is -2.32. The van der Waals surface area contributed by atoms with E-state index in [2.05, 4.69) is 25.4 Å². The first kappa shape index (κ1) is 52.2. The Morgan fingerprint density at radius 1 is 0.541 bits per heavy atom. The van der Waals surface area contributed by atoms with E-state index < -0.39 is 20.0 Å². The fraction of sp³-hybridized carbons (Fsp3) is 0.346. The number of furan rings is 2. The van der Waals surface area contributed by atoms with Crippen LogP contribution < -0.4 is 5.66 Å². The normalized spacial score (nSPS) is 14.7. The molecular weight excluding hydrogens is 1000 g/mol. The monoisotopic (exact) mass is 1060 g/mol. The van der Waals surface area contributed by atoms with Crippen LogP contribution in [0.4, 0.5) is 0 Å². The fourth-order valence-electron chi connectivity index (χ4n) is 8.62. The highest BCUT2D eigenvalue weighted by Crippen LogP contribution is 2.37. The van der Waals surface area contributed by atoms with E-state index in [0.29, 0.717) is 56.5 Å². The van der Waals surface area contributed by atoms with Crippen LogP contribution in [0, 0.1) is 41.5 Å². The molecule has 0 saturated carbocycles. The number of aromatic nitrogens is 10. The second-order valence-corrected chi connectivity index (χ2v) is 24.1. The van der Waals surface area contributed by atoms with Crippen LogP contribution in [0.5, 0.6) is 0 Å². The zero-order chi connectivity index (χ0) is 53.6. The third-order valence-corrected chi connectivity index (χ3v) is 17.1. The van der Waals surface area contributed by atoms with Crippen molar-refractivity contribution in [1.82, 2.24) is 47.1 Å². The number of hydrogen-bond donors (Lipinski definition) is 0. The minimum atomic E-state index is -3.88. The van der Waals surface area contributed by atoms with Gasteiger partial charge in [0.25, 0.3) is 20.0 Å².